The Kier molecular flexibility index (Phi) is 6.93. The highest BCUT2D eigenvalue weighted by atomic mass is 32.1. The standard InChI is InChI=1S/C16H14N2S.C2H6.CH4/c1-3-4-12-6-8-13(9-7-12)15-18-14-10-5-11(2)17-16(14)19-15;1-2;/h3-10H,1-2H3;1-2H3;1H4/b4-3+;;. The van der Waals surface area contributed by atoms with Gasteiger partial charge in [0.05, 0.1) is 0 Å². The Bertz CT molecular complexity index is 740. The molecule has 0 bridgehead atoms. The van der Waals surface area contributed by atoms with Crippen molar-refractivity contribution < 1.29 is 0 Å². The van der Waals surface area contributed by atoms with Gasteiger partial charge in [0.1, 0.15) is 15.4 Å². The maximum atomic E-state index is 4.64. The summed E-state index contributed by atoms with van der Waals surface area (Å²) < 4.78 is 0. The summed E-state index contributed by atoms with van der Waals surface area (Å²) in [6.07, 6.45) is 4.13. The minimum absolute atomic E-state index is 0. The summed E-state index contributed by atoms with van der Waals surface area (Å²) in [6, 6.07) is 12.5. The summed E-state index contributed by atoms with van der Waals surface area (Å²) in [5.74, 6) is 0. The Balaban J connectivity index is 0.000000775. The number of hydrogen-bond donors (Lipinski definition) is 0. The van der Waals surface area contributed by atoms with Crippen LogP contribution in [0, 0.1) is 6.92 Å². The van der Waals surface area contributed by atoms with Gasteiger partial charge in [0.15, 0.2) is 0 Å². The van der Waals surface area contributed by atoms with Crippen LogP contribution < -0.4 is 0 Å². The molecule has 0 aliphatic heterocycles. The van der Waals surface area contributed by atoms with Gasteiger partial charge in [-0.05, 0) is 31.5 Å². The fraction of sp³-hybridized carbons (Fsp3) is 0.263. The molecule has 0 aliphatic rings. The van der Waals surface area contributed by atoms with E-state index in [1.165, 1.54) is 5.56 Å². The second-order valence-corrected chi connectivity index (χ2v) is 5.40. The van der Waals surface area contributed by atoms with Crippen LogP contribution in [0.1, 0.15) is 39.5 Å². The van der Waals surface area contributed by atoms with E-state index in [1.807, 2.05) is 45.9 Å². The van der Waals surface area contributed by atoms with Crippen molar-refractivity contribution in [3.63, 3.8) is 0 Å². The zero-order valence-electron chi connectivity index (χ0n) is 12.9. The van der Waals surface area contributed by atoms with E-state index in [4.69, 9.17) is 0 Å². The lowest BCUT2D eigenvalue weighted by atomic mass is 10.1. The first-order valence-corrected chi connectivity index (χ1v) is 8.05. The molecule has 2 aromatic heterocycles. The van der Waals surface area contributed by atoms with E-state index in [-0.39, 0.29) is 7.43 Å². The maximum absolute atomic E-state index is 4.64. The normalized spacial score (nSPS) is 10.2. The summed E-state index contributed by atoms with van der Waals surface area (Å²) in [5.41, 5.74) is 4.37. The molecule has 0 radical (unpaired) electrons. The van der Waals surface area contributed by atoms with Gasteiger partial charge < -0.3 is 0 Å². The Morgan fingerprint density at radius 3 is 2.27 bits per heavy atom. The van der Waals surface area contributed by atoms with Crippen LogP contribution in [0.5, 0.6) is 0 Å². The third-order valence-electron chi connectivity index (χ3n) is 2.91. The topological polar surface area (TPSA) is 25.8 Å². The molecule has 22 heavy (non-hydrogen) atoms. The van der Waals surface area contributed by atoms with Gasteiger partial charge in [-0.2, -0.15) is 0 Å². The Labute approximate surface area is 137 Å². The number of hydrogen-bond acceptors (Lipinski definition) is 3. The highest BCUT2D eigenvalue weighted by Gasteiger charge is 2.07. The minimum atomic E-state index is 0. The first-order chi connectivity index (χ1) is 10.3. The first kappa shape index (κ1) is 18.1. The number of fused-ring (bicyclic) bond motifs is 1. The van der Waals surface area contributed by atoms with Crippen LogP contribution in [0.4, 0.5) is 0 Å². The van der Waals surface area contributed by atoms with Crippen molar-refractivity contribution >= 4 is 27.8 Å². The van der Waals surface area contributed by atoms with E-state index < -0.39 is 0 Å². The quantitative estimate of drug-likeness (QED) is 0.550. The SMILES string of the molecule is C.C/C=C/c1ccc(-c2nc3ccc(C)nc3s2)cc1.CC. The zero-order valence-corrected chi connectivity index (χ0v) is 13.7. The van der Waals surface area contributed by atoms with Crippen LogP contribution in [-0.2, 0) is 0 Å². The molecule has 3 aromatic rings. The van der Waals surface area contributed by atoms with E-state index in [0.717, 1.165) is 26.6 Å². The van der Waals surface area contributed by atoms with Gasteiger partial charge in [-0.15, -0.1) is 0 Å². The molecule has 0 unspecified atom stereocenters. The molecule has 116 valence electrons. The monoisotopic (exact) mass is 312 g/mol. The molecule has 1 aromatic carbocycles. The van der Waals surface area contributed by atoms with E-state index >= 15 is 0 Å². The lowest BCUT2D eigenvalue weighted by molar-refractivity contribution is 1.26. The molecule has 0 fully saturated rings. The number of pyridine rings is 1. The number of aryl methyl sites for hydroxylation is 1. The number of benzene rings is 1. The summed E-state index contributed by atoms with van der Waals surface area (Å²) in [7, 11) is 0. The minimum Gasteiger partial charge on any atom is -0.241 e. The maximum Gasteiger partial charge on any atom is 0.144 e. The Morgan fingerprint density at radius 1 is 0.955 bits per heavy atom. The van der Waals surface area contributed by atoms with Gasteiger partial charge in [0.25, 0.3) is 0 Å². The third-order valence-corrected chi connectivity index (χ3v) is 3.93. The van der Waals surface area contributed by atoms with Crippen molar-refractivity contribution in [1.29, 1.82) is 0 Å². The third kappa shape index (κ3) is 4.01. The number of aromatic nitrogens is 2. The smallest absolute Gasteiger partial charge is 0.144 e. The van der Waals surface area contributed by atoms with Crippen LogP contribution in [0.25, 0.3) is 27.0 Å². The molecule has 0 spiro atoms. The summed E-state index contributed by atoms with van der Waals surface area (Å²) in [4.78, 5) is 10.2. The highest BCUT2D eigenvalue weighted by Crippen LogP contribution is 2.29. The van der Waals surface area contributed by atoms with Crippen molar-refractivity contribution in [2.24, 2.45) is 0 Å². The van der Waals surface area contributed by atoms with E-state index in [9.17, 15) is 0 Å². The van der Waals surface area contributed by atoms with E-state index in [2.05, 4.69) is 40.3 Å². The van der Waals surface area contributed by atoms with Crippen LogP contribution in [0.2, 0.25) is 0 Å². The summed E-state index contributed by atoms with van der Waals surface area (Å²) >= 11 is 1.64. The molecular weight excluding hydrogens is 288 g/mol. The van der Waals surface area contributed by atoms with Crippen LogP contribution in [0.15, 0.2) is 42.5 Å². The number of rotatable bonds is 2. The molecule has 0 atom stereocenters. The second kappa shape index (κ2) is 8.44. The number of nitrogens with zero attached hydrogens (tertiary/aromatic N) is 2. The molecule has 2 heterocycles. The fourth-order valence-electron chi connectivity index (χ4n) is 1.96. The van der Waals surface area contributed by atoms with E-state index in [0.29, 0.717) is 0 Å². The fourth-order valence-corrected chi connectivity index (χ4v) is 2.95. The molecule has 0 N–H and O–H groups in total. The summed E-state index contributed by atoms with van der Waals surface area (Å²) in [6.45, 7) is 8.03. The van der Waals surface area contributed by atoms with Crippen molar-refractivity contribution in [2.75, 3.05) is 0 Å². The van der Waals surface area contributed by atoms with Gasteiger partial charge in [-0.1, -0.05) is 69.0 Å². The lowest BCUT2D eigenvalue weighted by Crippen LogP contribution is -1.78. The summed E-state index contributed by atoms with van der Waals surface area (Å²) in [5, 5.41) is 1.03. The van der Waals surface area contributed by atoms with Crippen molar-refractivity contribution in [3.05, 3.63) is 53.7 Å². The molecule has 0 saturated carbocycles. The first-order valence-electron chi connectivity index (χ1n) is 7.23. The van der Waals surface area contributed by atoms with Crippen molar-refractivity contribution in [3.8, 4) is 10.6 Å². The number of thiazole rings is 1. The second-order valence-electron chi connectivity index (χ2n) is 4.42. The van der Waals surface area contributed by atoms with Gasteiger partial charge in [-0.25, -0.2) is 9.97 Å². The van der Waals surface area contributed by atoms with Gasteiger partial charge >= 0.3 is 0 Å². The van der Waals surface area contributed by atoms with Gasteiger partial charge in [0, 0.05) is 11.3 Å². The molecule has 3 rings (SSSR count). The average Bonchev–Trinajstić information content (AvgIpc) is 2.93. The average molecular weight is 312 g/mol. The molecule has 0 saturated heterocycles. The molecule has 0 amide bonds. The van der Waals surface area contributed by atoms with Crippen LogP contribution in [0.3, 0.4) is 0 Å². The van der Waals surface area contributed by atoms with Crippen LogP contribution in [-0.4, -0.2) is 9.97 Å². The van der Waals surface area contributed by atoms with E-state index in [1.54, 1.807) is 11.3 Å². The number of allylic oxidation sites excluding steroid dienone is 1. The predicted molar refractivity (Wildman–Crippen MR) is 100 cm³/mol. The lowest BCUT2D eigenvalue weighted by Gasteiger charge is -1.96. The molecule has 0 aliphatic carbocycles. The molecule has 2 nitrogen and oxygen atoms in total. The Morgan fingerprint density at radius 2 is 1.64 bits per heavy atom. The van der Waals surface area contributed by atoms with Crippen molar-refractivity contribution in [1.82, 2.24) is 9.97 Å². The predicted octanol–water partition coefficient (Wildman–Crippen LogP) is 6.36. The molecule has 3 heteroatoms. The highest BCUT2D eigenvalue weighted by molar-refractivity contribution is 7.21. The zero-order chi connectivity index (χ0) is 15.2. The Hall–Kier alpha value is -2.00. The van der Waals surface area contributed by atoms with Crippen LogP contribution >= 0.6 is 11.3 Å². The van der Waals surface area contributed by atoms with Crippen molar-refractivity contribution in [2.45, 2.75) is 35.1 Å². The van der Waals surface area contributed by atoms with Gasteiger partial charge in [0.2, 0.25) is 0 Å². The van der Waals surface area contributed by atoms with Gasteiger partial charge in [-0.3, -0.25) is 0 Å². The molecular formula is C19H24N2S. The largest absolute Gasteiger partial charge is 0.241 e.